The average Bonchev–Trinajstić information content (AvgIpc) is 2.97. The molecule has 0 N–H and O–H groups in total. The molecule has 1 saturated carbocycles. The summed E-state index contributed by atoms with van der Waals surface area (Å²) in [5.74, 6) is -3.88. The second-order valence-corrected chi connectivity index (χ2v) is 9.33. The highest BCUT2D eigenvalue weighted by molar-refractivity contribution is 5.84. The van der Waals surface area contributed by atoms with Gasteiger partial charge in [-0.3, -0.25) is 9.59 Å². The fourth-order valence-corrected chi connectivity index (χ4v) is 5.58. The molecule has 6 nitrogen and oxygen atoms in total. The summed E-state index contributed by atoms with van der Waals surface area (Å²) < 4.78 is 10.8. The van der Waals surface area contributed by atoms with Crippen molar-refractivity contribution >= 4 is 11.9 Å². The molecule has 0 spiro atoms. The second kappa shape index (κ2) is 11.5. The first kappa shape index (κ1) is 25.7. The van der Waals surface area contributed by atoms with Crippen molar-refractivity contribution in [2.75, 3.05) is 7.11 Å². The SMILES string of the molecule is COC(=O)C1(C#N)[C@@H](c2ccccc2)CC(C(C#N)C(=O)OCc2ccccc2)C[C@H]1c1ccccc1. The van der Waals surface area contributed by atoms with Gasteiger partial charge in [0.15, 0.2) is 5.41 Å². The van der Waals surface area contributed by atoms with Gasteiger partial charge in [0.05, 0.1) is 19.2 Å². The normalized spacial score (nSPS) is 23.6. The zero-order valence-electron chi connectivity index (χ0n) is 20.6. The molecule has 1 aliphatic carbocycles. The van der Waals surface area contributed by atoms with Crippen LogP contribution in [0, 0.1) is 39.9 Å². The van der Waals surface area contributed by atoms with Crippen LogP contribution in [0.2, 0.25) is 0 Å². The molecule has 0 amide bonds. The second-order valence-electron chi connectivity index (χ2n) is 9.33. The quantitative estimate of drug-likeness (QED) is 0.402. The molecule has 1 aliphatic rings. The van der Waals surface area contributed by atoms with Gasteiger partial charge in [-0.15, -0.1) is 0 Å². The molecule has 1 fully saturated rings. The van der Waals surface area contributed by atoms with Crippen molar-refractivity contribution in [3.63, 3.8) is 0 Å². The lowest BCUT2D eigenvalue weighted by molar-refractivity contribution is -0.155. The van der Waals surface area contributed by atoms with Crippen LogP contribution in [0.1, 0.15) is 41.4 Å². The van der Waals surface area contributed by atoms with Crippen molar-refractivity contribution in [2.24, 2.45) is 17.3 Å². The standard InChI is InChI=1S/C31H28N2O4/c1-36-30(35)31(21-33)27(23-13-7-3-8-14-23)17-25(18-28(31)24-15-9-4-10-16-24)26(19-32)29(34)37-20-22-11-5-2-6-12-22/h2-16,25-28H,17-18,20H2,1H3/t25?,26?,27-,28+,31?. The van der Waals surface area contributed by atoms with Gasteiger partial charge in [-0.25, -0.2) is 0 Å². The van der Waals surface area contributed by atoms with Gasteiger partial charge in [0.1, 0.15) is 12.5 Å². The van der Waals surface area contributed by atoms with Crippen molar-refractivity contribution < 1.29 is 19.1 Å². The highest BCUT2D eigenvalue weighted by Crippen LogP contribution is 2.58. The minimum Gasteiger partial charge on any atom is -0.468 e. The number of hydrogen-bond donors (Lipinski definition) is 0. The Bertz CT molecular complexity index is 1250. The summed E-state index contributed by atoms with van der Waals surface area (Å²) in [6, 6.07) is 32.4. The Kier molecular flexibility index (Phi) is 8.01. The van der Waals surface area contributed by atoms with E-state index in [1.165, 1.54) is 7.11 Å². The Morgan fingerprint density at radius 1 is 0.865 bits per heavy atom. The summed E-state index contributed by atoms with van der Waals surface area (Å²) in [7, 11) is 1.29. The summed E-state index contributed by atoms with van der Waals surface area (Å²) in [5.41, 5.74) is 0.876. The van der Waals surface area contributed by atoms with Crippen LogP contribution in [-0.4, -0.2) is 19.0 Å². The Labute approximate surface area is 217 Å². The van der Waals surface area contributed by atoms with E-state index in [4.69, 9.17) is 9.47 Å². The first-order chi connectivity index (χ1) is 18.0. The fraction of sp³-hybridized carbons (Fsp3) is 0.290. The van der Waals surface area contributed by atoms with Crippen LogP contribution < -0.4 is 0 Å². The minimum atomic E-state index is -1.53. The molecular formula is C31H28N2O4. The van der Waals surface area contributed by atoms with Crippen LogP contribution in [-0.2, 0) is 25.7 Å². The monoisotopic (exact) mass is 492 g/mol. The van der Waals surface area contributed by atoms with Crippen LogP contribution in [0.3, 0.4) is 0 Å². The van der Waals surface area contributed by atoms with Gasteiger partial charge in [-0.2, -0.15) is 10.5 Å². The summed E-state index contributed by atoms with van der Waals surface area (Å²) in [6.07, 6.45) is 0.573. The molecule has 0 bridgehead atoms. The zero-order chi connectivity index (χ0) is 26.3. The number of benzene rings is 3. The van der Waals surface area contributed by atoms with E-state index in [1.54, 1.807) is 0 Å². The molecule has 6 heteroatoms. The molecule has 0 radical (unpaired) electrons. The number of nitriles is 2. The number of hydrogen-bond acceptors (Lipinski definition) is 6. The number of ether oxygens (including phenoxy) is 2. The maximum atomic E-state index is 13.4. The highest BCUT2D eigenvalue weighted by atomic mass is 16.5. The largest absolute Gasteiger partial charge is 0.468 e. The van der Waals surface area contributed by atoms with E-state index in [0.29, 0.717) is 0 Å². The van der Waals surface area contributed by atoms with Gasteiger partial charge in [-0.05, 0) is 35.4 Å². The van der Waals surface area contributed by atoms with Crippen molar-refractivity contribution in [2.45, 2.75) is 31.3 Å². The molecule has 3 aromatic rings. The van der Waals surface area contributed by atoms with Crippen LogP contribution in [0.5, 0.6) is 0 Å². The average molecular weight is 493 g/mol. The van der Waals surface area contributed by atoms with Crippen molar-refractivity contribution in [1.82, 2.24) is 0 Å². The number of carbonyl (C=O) groups is 2. The number of nitrogens with zero attached hydrogens (tertiary/aromatic N) is 2. The van der Waals surface area contributed by atoms with Crippen LogP contribution in [0.15, 0.2) is 91.0 Å². The predicted octanol–water partition coefficient (Wildman–Crippen LogP) is 5.53. The maximum Gasteiger partial charge on any atom is 0.327 e. The molecule has 0 aromatic heterocycles. The molecule has 186 valence electrons. The lowest BCUT2D eigenvalue weighted by Crippen LogP contribution is -2.48. The van der Waals surface area contributed by atoms with Gasteiger partial charge >= 0.3 is 11.9 Å². The Hall–Kier alpha value is -4.42. The van der Waals surface area contributed by atoms with Crippen LogP contribution >= 0.6 is 0 Å². The molecule has 3 aromatic carbocycles. The van der Waals surface area contributed by atoms with Gasteiger partial charge in [-0.1, -0.05) is 91.0 Å². The molecule has 0 aliphatic heterocycles. The molecule has 0 saturated heterocycles. The molecule has 4 rings (SSSR count). The molecule has 0 heterocycles. The van der Waals surface area contributed by atoms with Gasteiger partial charge in [0.2, 0.25) is 0 Å². The Morgan fingerprint density at radius 2 is 1.35 bits per heavy atom. The van der Waals surface area contributed by atoms with Crippen molar-refractivity contribution in [1.29, 1.82) is 10.5 Å². The number of methoxy groups -OCH3 is 1. The lowest BCUT2D eigenvalue weighted by Gasteiger charge is -2.46. The Morgan fingerprint density at radius 3 is 1.78 bits per heavy atom. The lowest BCUT2D eigenvalue weighted by atomic mass is 9.53. The summed E-state index contributed by atoms with van der Waals surface area (Å²) in [6.45, 7) is 0.0685. The molecule has 37 heavy (non-hydrogen) atoms. The van der Waals surface area contributed by atoms with E-state index in [1.807, 2.05) is 91.0 Å². The highest BCUT2D eigenvalue weighted by Gasteiger charge is 2.59. The van der Waals surface area contributed by atoms with Crippen LogP contribution in [0.25, 0.3) is 0 Å². The topological polar surface area (TPSA) is 100 Å². The molecular weight excluding hydrogens is 464 g/mol. The molecule has 5 atom stereocenters. The Balaban J connectivity index is 1.75. The van der Waals surface area contributed by atoms with Gasteiger partial charge in [0.25, 0.3) is 0 Å². The van der Waals surface area contributed by atoms with E-state index in [0.717, 1.165) is 16.7 Å². The summed E-state index contributed by atoms with van der Waals surface area (Å²) in [4.78, 5) is 26.6. The maximum absolute atomic E-state index is 13.4. The van der Waals surface area contributed by atoms with E-state index < -0.39 is 41.0 Å². The fourth-order valence-electron chi connectivity index (χ4n) is 5.58. The van der Waals surface area contributed by atoms with Crippen molar-refractivity contribution in [3.8, 4) is 12.1 Å². The van der Waals surface area contributed by atoms with E-state index >= 15 is 0 Å². The predicted molar refractivity (Wildman–Crippen MR) is 136 cm³/mol. The summed E-state index contributed by atoms with van der Waals surface area (Å²) >= 11 is 0. The smallest absolute Gasteiger partial charge is 0.327 e. The third-order valence-corrected chi connectivity index (χ3v) is 7.38. The van der Waals surface area contributed by atoms with E-state index in [9.17, 15) is 20.1 Å². The van der Waals surface area contributed by atoms with Crippen molar-refractivity contribution in [3.05, 3.63) is 108 Å². The number of rotatable bonds is 7. The first-order valence-corrected chi connectivity index (χ1v) is 12.2. The zero-order valence-corrected chi connectivity index (χ0v) is 20.6. The van der Waals surface area contributed by atoms with Crippen LogP contribution in [0.4, 0.5) is 0 Å². The third kappa shape index (κ3) is 5.10. The third-order valence-electron chi connectivity index (χ3n) is 7.38. The summed E-state index contributed by atoms with van der Waals surface area (Å²) in [5, 5.41) is 20.7. The minimum absolute atomic E-state index is 0.0685. The molecule has 3 unspecified atom stereocenters. The number of esters is 2. The van der Waals surface area contributed by atoms with Gasteiger partial charge < -0.3 is 9.47 Å². The van der Waals surface area contributed by atoms with E-state index in [2.05, 4.69) is 12.1 Å². The first-order valence-electron chi connectivity index (χ1n) is 12.2. The number of carbonyl (C=O) groups excluding carboxylic acids is 2. The van der Waals surface area contributed by atoms with E-state index in [-0.39, 0.29) is 19.4 Å². The van der Waals surface area contributed by atoms with Gasteiger partial charge in [0, 0.05) is 11.8 Å².